The van der Waals surface area contributed by atoms with Gasteiger partial charge < -0.3 is 5.73 Å². The molecule has 1 rings (SSSR count). The van der Waals surface area contributed by atoms with Crippen LogP contribution in [0.2, 0.25) is 0 Å². The Kier molecular flexibility index (Phi) is 3.94. The third kappa shape index (κ3) is 3.92. The first-order valence-corrected chi connectivity index (χ1v) is 5.24. The van der Waals surface area contributed by atoms with Crippen molar-refractivity contribution in [1.29, 1.82) is 0 Å². The van der Waals surface area contributed by atoms with Gasteiger partial charge >= 0.3 is 0 Å². The molecule has 0 radical (unpaired) electrons. The summed E-state index contributed by atoms with van der Waals surface area (Å²) in [6.07, 6.45) is 2.83. The molecular weight excluding hydrogens is 160 g/mol. The van der Waals surface area contributed by atoms with Gasteiger partial charge in [0.1, 0.15) is 0 Å². The van der Waals surface area contributed by atoms with Gasteiger partial charge in [-0.1, -0.05) is 6.58 Å². The maximum absolute atomic E-state index is 5.54. The molecule has 0 unspecified atom stereocenters. The van der Waals surface area contributed by atoms with Crippen molar-refractivity contribution in [2.24, 2.45) is 11.7 Å². The lowest BCUT2D eigenvalue weighted by atomic mass is 10.2. The predicted molar refractivity (Wildman–Crippen MR) is 57.6 cm³/mol. The summed E-state index contributed by atoms with van der Waals surface area (Å²) < 4.78 is 0. The van der Waals surface area contributed by atoms with Crippen molar-refractivity contribution in [1.82, 2.24) is 4.90 Å². The molecule has 76 valence electrons. The molecule has 1 saturated carbocycles. The fraction of sp³-hybridized carbons (Fsp3) is 0.818. The van der Waals surface area contributed by atoms with Gasteiger partial charge in [0.2, 0.25) is 0 Å². The molecule has 2 N–H and O–H groups in total. The number of nitrogens with zero attached hydrogens (tertiary/aromatic N) is 1. The van der Waals surface area contributed by atoms with Gasteiger partial charge in [-0.15, -0.1) is 0 Å². The molecule has 0 heterocycles. The number of rotatable bonds is 6. The molecule has 13 heavy (non-hydrogen) atoms. The van der Waals surface area contributed by atoms with Gasteiger partial charge in [0.15, 0.2) is 0 Å². The van der Waals surface area contributed by atoms with Crippen LogP contribution in [0.3, 0.4) is 0 Å². The van der Waals surface area contributed by atoms with Crippen LogP contribution >= 0.6 is 0 Å². The highest BCUT2D eigenvalue weighted by Crippen LogP contribution is 2.30. The molecule has 1 aliphatic rings. The third-order valence-electron chi connectivity index (χ3n) is 2.64. The van der Waals surface area contributed by atoms with Crippen molar-refractivity contribution in [3.05, 3.63) is 12.2 Å². The molecule has 0 amide bonds. The second-order valence-corrected chi connectivity index (χ2v) is 4.42. The van der Waals surface area contributed by atoms with E-state index in [1.807, 2.05) is 0 Å². The first kappa shape index (κ1) is 10.7. The minimum atomic E-state index is 0.615. The first-order chi connectivity index (χ1) is 6.13. The molecule has 0 saturated heterocycles. The predicted octanol–water partition coefficient (Wildman–Crippen LogP) is 1.62. The molecule has 1 fully saturated rings. The highest BCUT2D eigenvalue weighted by Gasteiger charge is 2.25. The van der Waals surface area contributed by atoms with Crippen LogP contribution in [0.5, 0.6) is 0 Å². The van der Waals surface area contributed by atoms with E-state index in [-0.39, 0.29) is 0 Å². The third-order valence-corrected chi connectivity index (χ3v) is 2.64. The van der Waals surface area contributed by atoms with Crippen molar-refractivity contribution >= 4 is 0 Å². The second kappa shape index (κ2) is 4.77. The maximum atomic E-state index is 5.54. The van der Waals surface area contributed by atoms with Crippen molar-refractivity contribution in [3.63, 3.8) is 0 Å². The fourth-order valence-electron chi connectivity index (χ4n) is 1.44. The largest absolute Gasteiger partial charge is 0.327 e. The first-order valence-electron chi connectivity index (χ1n) is 5.24. The lowest BCUT2D eigenvalue weighted by Crippen LogP contribution is -2.35. The zero-order valence-electron chi connectivity index (χ0n) is 8.92. The van der Waals surface area contributed by atoms with Crippen molar-refractivity contribution in [3.8, 4) is 0 Å². The summed E-state index contributed by atoms with van der Waals surface area (Å²) in [7, 11) is 0. The molecule has 0 spiro atoms. The second-order valence-electron chi connectivity index (χ2n) is 4.42. The van der Waals surface area contributed by atoms with E-state index in [0.29, 0.717) is 12.6 Å². The van der Waals surface area contributed by atoms with E-state index in [0.717, 1.165) is 18.0 Å². The Morgan fingerprint density at radius 2 is 2.15 bits per heavy atom. The highest BCUT2D eigenvalue weighted by molar-refractivity contribution is 4.99. The van der Waals surface area contributed by atoms with E-state index in [2.05, 4.69) is 25.3 Å². The molecule has 0 aromatic heterocycles. The Morgan fingerprint density at radius 3 is 2.54 bits per heavy atom. The van der Waals surface area contributed by atoms with E-state index < -0.39 is 0 Å². The molecule has 0 aromatic rings. The summed E-state index contributed by atoms with van der Waals surface area (Å²) in [6.45, 7) is 11.3. The minimum Gasteiger partial charge on any atom is -0.327 e. The monoisotopic (exact) mass is 182 g/mol. The molecule has 2 heteroatoms. The van der Waals surface area contributed by atoms with Crippen LogP contribution in [-0.4, -0.2) is 30.6 Å². The van der Waals surface area contributed by atoms with E-state index >= 15 is 0 Å². The van der Waals surface area contributed by atoms with Crippen molar-refractivity contribution < 1.29 is 0 Å². The Balaban J connectivity index is 2.31. The van der Waals surface area contributed by atoms with Crippen LogP contribution in [0.1, 0.15) is 26.7 Å². The van der Waals surface area contributed by atoms with Crippen molar-refractivity contribution in [2.45, 2.75) is 32.7 Å². The average Bonchev–Trinajstić information content (AvgIpc) is 2.86. The van der Waals surface area contributed by atoms with Gasteiger partial charge in [-0.05, 0) is 38.2 Å². The SMILES string of the molecule is C=C(CN)CN(CC1CC1)C(C)C. The Morgan fingerprint density at radius 1 is 1.54 bits per heavy atom. The molecular formula is C11H22N2. The highest BCUT2D eigenvalue weighted by atomic mass is 15.1. The smallest absolute Gasteiger partial charge is 0.0205 e. The zero-order valence-corrected chi connectivity index (χ0v) is 8.92. The molecule has 1 aliphatic carbocycles. The normalized spacial score (nSPS) is 17.0. The van der Waals surface area contributed by atoms with Crippen molar-refractivity contribution in [2.75, 3.05) is 19.6 Å². The number of nitrogens with two attached hydrogens (primary N) is 1. The summed E-state index contributed by atoms with van der Waals surface area (Å²) in [4.78, 5) is 2.48. The summed E-state index contributed by atoms with van der Waals surface area (Å²) in [6, 6.07) is 0.615. The van der Waals surface area contributed by atoms with Gasteiger partial charge in [0.25, 0.3) is 0 Å². The number of hydrogen-bond donors (Lipinski definition) is 1. The van der Waals surface area contributed by atoms with E-state index in [1.165, 1.54) is 19.4 Å². The molecule has 0 aromatic carbocycles. The Labute approximate surface area is 81.8 Å². The van der Waals surface area contributed by atoms with Gasteiger partial charge in [-0.25, -0.2) is 0 Å². The lowest BCUT2D eigenvalue weighted by molar-refractivity contribution is 0.230. The Hall–Kier alpha value is -0.340. The minimum absolute atomic E-state index is 0.615. The quantitative estimate of drug-likeness (QED) is 0.632. The van der Waals surface area contributed by atoms with Gasteiger partial charge in [0.05, 0.1) is 0 Å². The summed E-state index contributed by atoms with van der Waals surface area (Å²) in [5.74, 6) is 0.952. The van der Waals surface area contributed by atoms with Crippen LogP contribution in [-0.2, 0) is 0 Å². The standard InChI is InChI=1S/C11H22N2/c1-9(2)13(7-10(3)6-12)8-11-4-5-11/h9,11H,3-8,12H2,1-2H3. The Bertz CT molecular complexity index is 171. The number of hydrogen-bond acceptors (Lipinski definition) is 2. The summed E-state index contributed by atoms with van der Waals surface area (Å²) in [5.41, 5.74) is 6.69. The van der Waals surface area contributed by atoms with E-state index in [4.69, 9.17) is 5.73 Å². The van der Waals surface area contributed by atoms with Crippen LogP contribution in [0.25, 0.3) is 0 Å². The average molecular weight is 182 g/mol. The summed E-state index contributed by atoms with van der Waals surface area (Å²) >= 11 is 0. The van der Waals surface area contributed by atoms with Crippen LogP contribution in [0.15, 0.2) is 12.2 Å². The van der Waals surface area contributed by atoms with Crippen LogP contribution in [0, 0.1) is 5.92 Å². The van der Waals surface area contributed by atoms with E-state index in [1.54, 1.807) is 0 Å². The molecule has 0 aliphatic heterocycles. The van der Waals surface area contributed by atoms with Crippen LogP contribution in [0.4, 0.5) is 0 Å². The molecule has 2 nitrogen and oxygen atoms in total. The topological polar surface area (TPSA) is 29.3 Å². The van der Waals surface area contributed by atoms with Gasteiger partial charge in [-0.2, -0.15) is 0 Å². The van der Waals surface area contributed by atoms with Gasteiger partial charge in [0, 0.05) is 25.7 Å². The zero-order chi connectivity index (χ0) is 9.84. The fourth-order valence-corrected chi connectivity index (χ4v) is 1.44. The van der Waals surface area contributed by atoms with E-state index in [9.17, 15) is 0 Å². The lowest BCUT2D eigenvalue weighted by Gasteiger charge is -2.27. The molecule has 0 bridgehead atoms. The maximum Gasteiger partial charge on any atom is 0.0205 e. The van der Waals surface area contributed by atoms with Gasteiger partial charge in [-0.3, -0.25) is 4.90 Å². The van der Waals surface area contributed by atoms with Crippen LogP contribution < -0.4 is 5.73 Å². The summed E-state index contributed by atoms with van der Waals surface area (Å²) in [5, 5.41) is 0. The molecule has 0 atom stereocenters.